The highest BCUT2D eigenvalue weighted by atomic mass is 19.2. The number of anilines is 1. The number of rotatable bonds is 8. The first-order valence-corrected chi connectivity index (χ1v) is 13.3. The predicted molar refractivity (Wildman–Crippen MR) is 142 cm³/mol. The fourth-order valence-corrected chi connectivity index (χ4v) is 6.10. The second-order valence-corrected chi connectivity index (χ2v) is 11.0. The Morgan fingerprint density at radius 3 is 2.52 bits per heavy atom. The molecule has 2 saturated carbocycles. The van der Waals surface area contributed by atoms with Crippen molar-refractivity contribution in [1.82, 2.24) is 9.88 Å². The molecular weight excluding hydrogens is 529 g/mol. The highest BCUT2D eigenvalue weighted by Crippen LogP contribution is 2.55. The number of fused-ring (bicyclic) bond motifs is 1. The number of hydrogen-bond donors (Lipinski definition) is 1. The molecule has 3 fully saturated rings. The average Bonchev–Trinajstić information content (AvgIpc) is 3.82. The lowest BCUT2D eigenvalue weighted by Gasteiger charge is -2.25. The van der Waals surface area contributed by atoms with Crippen LogP contribution in [0.15, 0.2) is 47.4 Å². The first-order valence-electron chi connectivity index (χ1n) is 13.3. The molecule has 12 heteroatoms. The Bertz CT molecular complexity index is 1530. The van der Waals surface area contributed by atoms with Crippen LogP contribution in [0.1, 0.15) is 54.2 Å². The van der Waals surface area contributed by atoms with Crippen molar-refractivity contribution < 1.29 is 31.6 Å². The highest BCUT2D eigenvalue weighted by Gasteiger charge is 2.56. The zero-order chi connectivity index (χ0) is 28.3. The summed E-state index contributed by atoms with van der Waals surface area (Å²) in [7, 11) is -2.11. The topological polar surface area (TPSA) is 72.8 Å². The number of aromatic nitrogens is 1. The Morgan fingerprint density at radius 2 is 1.93 bits per heavy atom. The van der Waals surface area contributed by atoms with E-state index >= 15 is 4.39 Å². The van der Waals surface area contributed by atoms with Gasteiger partial charge in [-0.1, -0.05) is 30.3 Å². The van der Waals surface area contributed by atoms with Gasteiger partial charge in [0.25, 0.3) is 0 Å². The van der Waals surface area contributed by atoms with Crippen molar-refractivity contribution in [3.05, 3.63) is 69.8 Å². The van der Waals surface area contributed by atoms with Crippen LogP contribution in [-0.2, 0) is 4.65 Å². The van der Waals surface area contributed by atoms with Crippen molar-refractivity contribution in [1.29, 1.82) is 0 Å². The fraction of sp³-hybridized carbons (Fsp3) is 0.429. The van der Waals surface area contributed by atoms with E-state index in [0.29, 0.717) is 13.1 Å². The summed E-state index contributed by atoms with van der Waals surface area (Å²) >= 11 is 0. The van der Waals surface area contributed by atoms with Crippen LogP contribution in [0.4, 0.5) is 23.1 Å². The summed E-state index contributed by atoms with van der Waals surface area (Å²) in [6.45, 7) is 3.13. The van der Waals surface area contributed by atoms with Gasteiger partial charge < -0.3 is 24.2 Å². The number of benzene rings is 2. The lowest BCUT2D eigenvalue weighted by molar-refractivity contribution is 0.0693. The third-order valence-electron chi connectivity index (χ3n) is 8.46. The van der Waals surface area contributed by atoms with Gasteiger partial charge in [-0.3, -0.25) is 4.79 Å². The molecule has 4 atom stereocenters. The van der Waals surface area contributed by atoms with Crippen LogP contribution in [0, 0.1) is 11.2 Å². The zero-order valence-electron chi connectivity index (χ0n) is 22.0. The molecule has 0 radical (unpaired) electrons. The summed E-state index contributed by atoms with van der Waals surface area (Å²) in [5.41, 5.74) is -0.363. The third-order valence-corrected chi connectivity index (χ3v) is 8.46. The summed E-state index contributed by atoms with van der Waals surface area (Å²) in [5, 5.41) is 3.44. The van der Waals surface area contributed by atoms with E-state index < -0.39 is 42.5 Å². The van der Waals surface area contributed by atoms with Crippen LogP contribution in [-0.4, -0.2) is 50.4 Å². The molecule has 1 N–H and O–H groups in total. The van der Waals surface area contributed by atoms with Crippen LogP contribution < -0.4 is 20.4 Å². The van der Waals surface area contributed by atoms with Crippen molar-refractivity contribution in [3.8, 4) is 5.75 Å². The summed E-state index contributed by atoms with van der Waals surface area (Å²) in [6, 6.07) is 10.4. The molecule has 2 aromatic carbocycles. The maximum absolute atomic E-state index is 15.9. The number of ether oxygens (including phenoxy) is 1. The molecule has 2 heterocycles. The quantitative estimate of drug-likeness (QED) is 0.316. The number of carbonyl (C=O) groups is 1. The van der Waals surface area contributed by atoms with E-state index in [1.54, 1.807) is 0 Å². The Morgan fingerprint density at radius 1 is 1.23 bits per heavy atom. The van der Waals surface area contributed by atoms with Crippen LogP contribution >= 0.6 is 0 Å². The van der Waals surface area contributed by atoms with Gasteiger partial charge in [0.1, 0.15) is 17.4 Å². The number of alkyl halides is 1. The van der Waals surface area contributed by atoms with E-state index in [9.17, 15) is 22.6 Å². The maximum atomic E-state index is 15.9. The van der Waals surface area contributed by atoms with Crippen LogP contribution in [0.25, 0.3) is 10.9 Å². The molecule has 2 aliphatic carbocycles. The summed E-state index contributed by atoms with van der Waals surface area (Å²) in [5.74, 6) is -2.29. The maximum Gasteiger partial charge on any atom is 0.798 e. The summed E-state index contributed by atoms with van der Waals surface area (Å²) in [6.07, 6.45) is 1.78. The monoisotopic (exact) mass is 557 g/mol. The number of pyridine rings is 1. The van der Waals surface area contributed by atoms with Crippen molar-refractivity contribution in [2.75, 3.05) is 25.1 Å². The number of hydrogen-bond acceptors (Lipinski definition) is 6. The molecule has 210 valence electrons. The van der Waals surface area contributed by atoms with E-state index in [0.717, 1.165) is 30.7 Å². The van der Waals surface area contributed by atoms with Gasteiger partial charge in [-0.2, -0.15) is 0 Å². The molecule has 1 aromatic heterocycles. The SMILES string of the molecule is COc1c(N2C[C@@H](N[C@@H](C)c3ccccc3)C3(CC3)C2)c(F)cc2c(=O)c(C(=O)OB(F)F)cn([C@@H]3C[C@@H]3F)c12. The molecule has 6 rings (SSSR count). The minimum Gasteiger partial charge on any atom is -0.492 e. The zero-order valence-corrected chi connectivity index (χ0v) is 22.0. The minimum absolute atomic E-state index is 0.0348. The van der Waals surface area contributed by atoms with Gasteiger partial charge in [0, 0.05) is 43.2 Å². The van der Waals surface area contributed by atoms with Gasteiger partial charge in [-0.25, -0.2) is 22.2 Å². The third kappa shape index (κ3) is 4.51. The largest absolute Gasteiger partial charge is 0.798 e. The van der Waals surface area contributed by atoms with Crippen molar-refractivity contribution in [3.63, 3.8) is 0 Å². The van der Waals surface area contributed by atoms with Crippen molar-refractivity contribution >= 4 is 30.0 Å². The minimum atomic E-state index is -3.45. The molecular formula is C28H28BF4N3O4. The fourth-order valence-electron chi connectivity index (χ4n) is 6.10. The van der Waals surface area contributed by atoms with Crippen LogP contribution in [0.5, 0.6) is 5.75 Å². The lowest BCUT2D eigenvalue weighted by Crippen LogP contribution is -2.39. The first-order chi connectivity index (χ1) is 19.1. The van der Waals surface area contributed by atoms with Gasteiger partial charge in [-0.05, 0) is 31.4 Å². The Hall–Kier alpha value is -3.54. The van der Waals surface area contributed by atoms with Gasteiger partial charge in [-0.15, -0.1) is 0 Å². The predicted octanol–water partition coefficient (Wildman–Crippen LogP) is 4.83. The van der Waals surface area contributed by atoms with Crippen LogP contribution in [0.3, 0.4) is 0 Å². The van der Waals surface area contributed by atoms with E-state index in [1.807, 2.05) is 23.1 Å². The molecule has 40 heavy (non-hydrogen) atoms. The second-order valence-electron chi connectivity index (χ2n) is 11.0. The normalized spacial score (nSPS) is 23.4. The van der Waals surface area contributed by atoms with E-state index in [1.165, 1.54) is 11.7 Å². The van der Waals surface area contributed by atoms with E-state index in [2.05, 4.69) is 29.0 Å². The molecule has 0 amide bonds. The van der Waals surface area contributed by atoms with Crippen LogP contribution in [0.2, 0.25) is 0 Å². The molecule has 0 unspecified atom stereocenters. The van der Waals surface area contributed by atoms with Crippen molar-refractivity contribution in [2.45, 2.75) is 50.5 Å². The smallest absolute Gasteiger partial charge is 0.492 e. The second kappa shape index (κ2) is 9.83. The number of methoxy groups -OCH3 is 1. The van der Waals surface area contributed by atoms with Gasteiger partial charge in [0.05, 0.1) is 24.1 Å². The van der Waals surface area contributed by atoms with E-state index in [-0.39, 0.29) is 46.3 Å². The molecule has 3 aliphatic rings. The van der Waals surface area contributed by atoms with Gasteiger partial charge in [0.2, 0.25) is 5.43 Å². The van der Waals surface area contributed by atoms with Gasteiger partial charge >= 0.3 is 13.4 Å². The highest BCUT2D eigenvalue weighted by molar-refractivity contribution is 6.38. The molecule has 1 spiro atoms. The summed E-state index contributed by atoms with van der Waals surface area (Å²) < 4.78 is 66.6. The number of nitrogens with zero attached hydrogens (tertiary/aromatic N) is 2. The molecule has 0 bridgehead atoms. The Balaban J connectivity index is 1.42. The average molecular weight is 557 g/mol. The number of nitrogens with one attached hydrogen (secondary N) is 1. The van der Waals surface area contributed by atoms with E-state index in [4.69, 9.17) is 4.74 Å². The Labute approximate surface area is 228 Å². The Kier molecular flexibility index (Phi) is 6.56. The molecule has 7 nitrogen and oxygen atoms in total. The van der Waals surface area contributed by atoms with Crippen molar-refractivity contribution in [2.24, 2.45) is 5.41 Å². The summed E-state index contributed by atoms with van der Waals surface area (Å²) in [4.78, 5) is 27.4. The molecule has 1 aliphatic heterocycles. The first kappa shape index (κ1) is 26.7. The number of carbonyl (C=O) groups excluding carboxylic acids is 1. The van der Waals surface area contributed by atoms with Gasteiger partial charge in [0.15, 0.2) is 11.6 Å². The molecule has 3 aromatic rings. The standard InChI is InChI=1S/C28H28BF4N3O4/c1-15(16-6-4-3-5-7-16)34-22-13-35(14-28(22)8-9-28)24-20(31)10-17-23(26(24)39-2)36(21-11-19(21)30)12-18(25(17)37)27(38)40-29(32)33/h3-7,10,12,15,19,21-22,34H,8-9,11,13-14H2,1-2H3/t15-,19-,21+,22+/m0/s1. The lowest BCUT2D eigenvalue weighted by atomic mass is 9.98. The number of halogens is 4. The molecule has 1 saturated heterocycles.